The Morgan fingerprint density at radius 3 is 2.76 bits per heavy atom. The number of aliphatic hydroxyl groups excluding tert-OH is 2. The third-order valence-electron chi connectivity index (χ3n) is 4.25. The van der Waals surface area contributed by atoms with Crippen molar-refractivity contribution in [3.63, 3.8) is 0 Å². The fourth-order valence-electron chi connectivity index (χ4n) is 2.72. The number of rotatable bonds is 9. The zero-order valence-corrected chi connectivity index (χ0v) is 14.9. The van der Waals surface area contributed by atoms with Crippen LogP contribution in [0.1, 0.15) is 19.1 Å². The Balaban J connectivity index is 2.25. The van der Waals surface area contributed by atoms with E-state index in [-0.39, 0.29) is 18.7 Å². The minimum Gasteiger partial charge on any atom is -0.393 e. The van der Waals surface area contributed by atoms with Crippen LogP contribution >= 0.6 is 0 Å². The number of primary amides is 2. The fourth-order valence-corrected chi connectivity index (χ4v) is 2.72. The molecule has 15 heteroatoms. The molecule has 14 nitrogen and oxygen atoms in total. The third kappa shape index (κ3) is 4.60. The van der Waals surface area contributed by atoms with E-state index in [0.29, 0.717) is 4.57 Å². The summed E-state index contributed by atoms with van der Waals surface area (Å²) in [5, 5.41) is 25.0. The van der Waals surface area contributed by atoms with E-state index in [9.17, 15) is 29.0 Å². The maximum Gasteiger partial charge on any atom is 0.351 e. The number of carbonyl (C=O) groups excluding carboxylic acids is 2. The molecule has 1 aliphatic rings. The molecular formula is C14H19FN8O6. The molecule has 2 rings (SSSR count). The molecule has 1 aliphatic heterocycles. The van der Waals surface area contributed by atoms with Crippen molar-refractivity contribution in [3.8, 4) is 0 Å². The van der Waals surface area contributed by atoms with Crippen LogP contribution in [0, 0.1) is 0 Å². The van der Waals surface area contributed by atoms with Crippen molar-refractivity contribution in [2.45, 2.75) is 43.1 Å². The smallest absolute Gasteiger partial charge is 0.351 e. The summed E-state index contributed by atoms with van der Waals surface area (Å²) in [5.74, 6) is -1.57. The number of halogens is 1. The zero-order chi connectivity index (χ0) is 21.8. The number of nitrogens with one attached hydrogen (secondary N) is 1. The first-order valence-corrected chi connectivity index (χ1v) is 8.25. The molecule has 1 fully saturated rings. The lowest BCUT2D eigenvalue weighted by Gasteiger charge is -2.23. The summed E-state index contributed by atoms with van der Waals surface area (Å²) < 4.78 is 20.3. The highest BCUT2D eigenvalue weighted by Gasteiger charge is 2.56. The number of hydrogen-bond donors (Lipinski definition) is 5. The predicted molar refractivity (Wildman–Crippen MR) is 93.5 cm³/mol. The van der Waals surface area contributed by atoms with E-state index in [1.165, 1.54) is 6.07 Å². The van der Waals surface area contributed by atoms with Crippen molar-refractivity contribution in [3.05, 3.63) is 33.2 Å². The van der Waals surface area contributed by atoms with Gasteiger partial charge in [-0.15, -0.1) is 0 Å². The molecule has 2 amide bonds. The molecule has 0 bridgehead atoms. The van der Waals surface area contributed by atoms with Gasteiger partial charge in [-0.1, -0.05) is 5.11 Å². The molecule has 0 saturated carbocycles. The Kier molecular flexibility index (Phi) is 6.71. The number of alkyl halides is 1. The van der Waals surface area contributed by atoms with Gasteiger partial charge in [0.05, 0.1) is 6.61 Å². The van der Waals surface area contributed by atoms with Gasteiger partial charge < -0.3 is 31.7 Å². The van der Waals surface area contributed by atoms with Crippen molar-refractivity contribution in [2.75, 3.05) is 11.9 Å². The number of azide groups is 1. The first-order chi connectivity index (χ1) is 13.6. The van der Waals surface area contributed by atoms with Crippen LogP contribution in [0.2, 0.25) is 0 Å². The molecule has 2 heterocycles. The number of aromatic nitrogens is 2. The highest BCUT2D eigenvalue weighted by Crippen LogP contribution is 2.39. The molecule has 1 saturated heterocycles. The Morgan fingerprint density at radius 1 is 1.55 bits per heavy atom. The molecule has 0 aromatic carbocycles. The number of carbonyl (C=O) groups is 2. The van der Waals surface area contributed by atoms with Gasteiger partial charge in [-0.25, -0.2) is 9.18 Å². The number of aliphatic hydroxyl groups is 2. The molecule has 1 unspecified atom stereocenters. The highest BCUT2D eigenvalue weighted by atomic mass is 19.1. The molecule has 0 radical (unpaired) electrons. The van der Waals surface area contributed by atoms with Crippen LogP contribution in [0.5, 0.6) is 0 Å². The van der Waals surface area contributed by atoms with E-state index in [1.54, 1.807) is 0 Å². The van der Waals surface area contributed by atoms with Crippen LogP contribution in [0.15, 0.2) is 22.2 Å². The third-order valence-corrected chi connectivity index (χ3v) is 4.25. The number of anilines is 1. The second-order valence-corrected chi connectivity index (χ2v) is 6.20. The molecule has 1 aromatic rings. The van der Waals surface area contributed by atoms with Crippen molar-refractivity contribution < 1.29 is 28.9 Å². The Bertz CT molecular complexity index is 889. The Morgan fingerprint density at radius 2 is 2.24 bits per heavy atom. The predicted octanol–water partition coefficient (Wildman–Crippen LogP) is -2.00. The molecule has 1 aromatic heterocycles. The summed E-state index contributed by atoms with van der Waals surface area (Å²) in [6, 6.07) is 0.145. The standard InChI is InChI=1S/C14H19FN8O6/c15-9-10(26)14(5-24,21-22-18)29-12(9)23-4-3-8(20-13(23)28)19-6(11(17)27)1-2-7(16)25/h3-4,6,9-10,12,24,26H,1-2,5H2,(H2,16,25)(H2,17,27)(H,19,20,28)/t6-,9-,10-,12+,14?/m0/s1. The zero-order valence-electron chi connectivity index (χ0n) is 14.9. The van der Waals surface area contributed by atoms with E-state index in [1.807, 2.05) is 0 Å². The van der Waals surface area contributed by atoms with Gasteiger partial charge in [0.2, 0.25) is 17.5 Å². The molecule has 0 spiro atoms. The molecule has 29 heavy (non-hydrogen) atoms. The molecular weight excluding hydrogens is 395 g/mol. The van der Waals surface area contributed by atoms with Gasteiger partial charge in [0.15, 0.2) is 12.4 Å². The van der Waals surface area contributed by atoms with Gasteiger partial charge in [0.1, 0.15) is 18.0 Å². The minimum atomic E-state index is -2.30. The number of hydrogen-bond acceptors (Lipinski definition) is 9. The lowest BCUT2D eigenvalue weighted by Crippen LogP contribution is -2.43. The van der Waals surface area contributed by atoms with Crippen molar-refractivity contribution >= 4 is 17.6 Å². The van der Waals surface area contributed by atoms with Crippen LogP contribution in [0.25, 0.3) is 10.4 Å². The Labute approximate surface area is 161 Å². The second kappa shape index (κ2) is 8.83. The lowest BCUT2D eigenvalue weighted by atomic mass is 10.1. The maximum atomic E-state index is 14.5. The first-order valence-electron chi connectivity index (χ1n) is 8.25. The summed E-state index contributed by atoms with van der Waals surface area (Å²) in [6.07, 6.45) is -5.12. The number of ether oxygens (including phenoxy) is 1. The fraction of sp³-hybridized carbons (Fsp3) is 0.571. The highest BCUT2D eigenvalue weighted by molar-refractivity contribution is 5.83. The van der Waals surface area contributed by atoms with Crippen LogP contribution in [0.4, 0.5) is 10.2 Å². The van der Waals surface area contributed by atoms with Gasteiger partial charge >= 0.3 is 5.69 Å². The van der Waals surface area contributed by atoms with Crippen molar-refractivity contribution in [2.24, 2.45) is 16.6 Å². The van der Waals surface area contributed by atoms with Crippen molar-refractivity contribution in [1.29, 1.82) is 0 Å². The summed E-state index contributed by atoms with van der Waals surface area (Å²) in [7, 11) is 0. The number of amides is 2. The largest absolute Gasteiger partial charge is 0.393 e. The topological polar surface area (TPSA) is 232 Å². The maximum absolute atomic E-state index is 14.5. The van der Waals surface area contributed by atoms with E-state index < -0.39 is 54.4 Å². The Hall–Kier alpha value is -3.26. The van der Waals surface area contributed by atoms with E-state index in [0.717, 1.165) is 6.20 Å². The van der Waals surface area contributed by atoms with Gasteiger partial charge in [-0.05, 0) is 18.0 Å². The monoisotopic (exact) mass is 414 g/mol. The van der Waals surface area contributed by atoms with E-state index in [2.05, 4.69) is 20.3 Å². The van der Waals surface area contributed by atoms with E-state index in [4.69, 9.17) is 21.7 Å². The normalized spacial score (nSPS) is 27.1. The van der Waals surface area contributed by atoms with Gasteiger partial charge in [0, 0.05) is 17.5 Å². The second-order valence-electron chi connectivity index (χ2n) is 6.20. The minimum absolute atomic E-state index is 0.0366. The van der Waals surface area contributed by atoms with Crippen LogP contribution in [-0.4, -0.2) is 62.2 Å². The molecule has 158 valence electrons. The van der Waals surface area contributed by atoms with Gasteiger partial charge in [-0.2, -0.15) is 4.98 Å². The first kappa shape index (κ1) is 22.0. The lowest BCUT2D eigenvalue weighted by molar-refractivity contribution is -0.124. The van der Waals surface area contributed by atoms with E-state index >= 15 is 0 Å². The summed E-state index contributed by atoms with van der Waals surface area (Å²) >= 11 is 0. The molecule has 0 aliphatic carbocycles. The summed E-state index contributed by atoms with van der Waals surface area (Å²) in [6.45, 7) is -1.03. The number of nitrogens with zero attached hydrogens (tertiary/aromatic N) is 5. The average molecular weight is 414 g/mol. The summed E-state index contributed by atoms with van der Waals surface area (Å²) in [4.78, 5) is 40.6. The van der Waals surface area contributed by atoms with Gasteiger partial charge in [0.25, 0.3) is 0 Å². The summed E-state index contributed by atoms with van der Waals surface area (Å²) in [5.41, 5.74) is 15.5. The molecule has 7 N–H and O–H groups in total. The number of nitrogens with two attached hydrogens (primary N) is 2. The van der Waals surface area contributed by atoms with Crippen LogP contribution in [-0.2, 0) is 14.3 Å². The van der Waals surface area contributed by atoms with Crippen LogP contribution < -0.4 is 22.5 Å². The van der Waals surface area contributed by atoms with Crippen molar-refractivity contribution in [1.82, 2.24) is 9.55 Å². The van der Waals surface area contributed by atoms with Gasteiger partial charge in [-0.3, -0.25) is 14.2 Å². The molecule has 5 atom stereocenters. The quantitative estimate of drug-likeness (QED) is 0.172. The SMILES string of the molecule is [N-]=[N+]=NC1(CO)O[C@@H](n2ccc(N[C@@H](CCC(N)=O)C(N)=O)nc2=O)[C@@H](F)[C@@H]1O. The van der Waals surface area contributed by atoms with Crippen LogP contribution in [0.3, 0.4) is 0 Å². The average Bonchev–Trinajstić information content (AvgIpc) is 2.90.